The Morgan fingerprint density at radius 1 is 1.03 bits per heavy atom. The summed E-state index contributed by atoms with van der Waals surface area (Å²) in [5, 5.41) is 6.01. The minimum Gasteiger partial charge on any atom is -0.491 e. The van der Waals surface area contributed by atoms with E-state index in [0.29, 0.717) is 30.9 Å². The van der Waals surface area contributed by atoms with Gasteiger partial charge in [-0.2, -0.15) is 0 Å². The molecule has 156 valence electrons. The molecule has 0 atom stereocenters. The Kier molecular flexibility index (Phi) is 9.02. The molecule has 6 nitrogen and oxygen atoms in total. The molecular weight excluding hydrogens is 366 g/mol. The lowest BCUT2D eigenvalue weighted by Gasteiger charge is -2.13. The number of amides is 2. The molecule has 0 aromatic heterocycles. The second-order valence-corrected chi connectivity index (χ2v) is 7.08. The summed E-state index contributed by atoms with van der Waals surface area (Å²) >= 11 is 0. The fourth-order valence-corrected chi connectivity index (χ4v) is 2.66. The fourth-order valence-electron chi connectivity index (χ4n) is 2.66. The molecule has 0 spiro atoms. The van der Waals surface area contributed by atoms with Crippen molar-refractivity contribution >= 4 is 23.2 Å². The summed E-state index contributed by atoms with van der Waals surface area (Å²) in [6, 6.07) is 15.2. The number of hydrogen-bond acceptors (Lipinski definition) is 4. The molecule has 0 aliphatic heterocycles. The highest BCUT2D eigenvalue weighted by Gasteiger charge is 2.08. The number of ether oxygens (including phenoxy) is 1. The molecule has 0 radical (unpaired) electrons. The van der Waals surface area contributed by atoms with Crippen molar-refractivity contribution < 1.29 is 14.3 Å². The Balaban J connectivity index is 1.81. The van der Waals surface area contributed by atoms with Crippen LogP contribution in [0.25, 0.3) is 0 Å². The molecule has 0 heterocycles. The van der Waals surface area contributed by atoms with Crippen molar-refractivity contribution in [3.63, 3.8) is 0 Å². The lowest BCUT2D eigenvalue weighted by Crippen LogP contribution is -2.22. The largest absolute Gasteiger partial charge is 0.491 e. The number of nitrogens with one attached hydrogen (secondary N) is 2. The van der Waals surface area contributed by atoms with Gasteiger partial charge in [0.25, 0.3) is 0 Å². The molecule has 0 fully saturated rings. The van der Waals surface area contributed by atoms with Crippen LogP contribution in [0.15, 0.2) is 48.5 Å². The Bertz CT molecular complexity index is 788. The first kappa shape index (κ1) is 22.3. The number of hydrogen-bond donors (Lipinski definition) is 2. The van der Waals surface area contributed by atoms with E-state index in [2.05, 4.69) is 17.6 Å². The van der Waals surface area contributed by atoms with E-state index in [1.54, 1.807) is 19.0 Å². The maximum Gasteiger partial charge on any atom is 0.243 e. The Morgan fingerprint density at radius 3 is 2.45 bits per heavy atom. The number of carbonyl (C=O) groups is 2. The number of unbranched alkanes of at least 4 members (excludes halogenated alkanes) is 1. The summed E-state index contributed by atoms with van der Waals surface area (Å²) in [6.07, 6.45) is 3.22. The van der Waals surface area contributed by atoms with Crippen LogP contribution in [0, 0.1) is 0 Å². The SMILES string of the molecule is CCCCOc1ccccc1NC(=O)CNc1ccc(CCC(=O)N(C)C)cc1. The highest BCUT2D eigenvalue weighted by atomic mass is 16.5. The van der Waals surface area contributed by atoms with E-state index in [1.807, 2.05) is 48.5 Å². The molecule has 2 rings (SSSR count). The van der Waals surface area contributed by atoms with Gasteiger partial charge in [0.15, 0.2) is 0 Å². The number of carbonyl (C=O) groups excluding carboxylic acids is 2. The summed E-state index contributed by atoms with van der Waals surface area (Å²) < 4.78 is 5.75. The molecule has 0 unspecified atom stereocenters. The summed E-state index contributed by atoms with van der Waals surface area (Å²) in [4.78, 5) is 25.6. The molecule has 2 aromatic carbocycles. The zero-order valence-corrected chi connectivity index (χ0v) is 17.5. The van der Waals surface area contributed by atoms with Gasteiger partial charge in [0, 0.05) is 26.2 Å². The van der Waals surface area contributed by atoms with Gasteiger partial charge >= 0.3 is 0 Å². The number of para-hydroxylation sites is 2. The Morgan fingerprint density at radius 2 is 1.76 bits per heavy atom. The van der Waals surface area contributed by atoms with E-state index in [4.69, 9.17) is 4.74 Å². The van der Waals surface area contributed by atoms with Gasteiger partial charge < -0.3 is 20.3 Å². The second kappa shape index (κ2) is 11.7. The van der Waals surface area contributed by atoms with Gasteiger partial charge in [0.05, 0.1) is 18.8 Å². The zero-order chi connectivity index (χ0) is 21.1. The van der Waals surface area contributed by atoms with E-state index < -0.39 is 0 Å². The molecule has 29 heavy (non-hydrogen) atoms. The predicted molar refractivity (Wildman–Crippen MR) is 117 cm³/mol. The van der Waals surface area contributed by atoms with Crippen LogP contribution < -0.4 is 15.4 Å². The predicted octanol–water partition coefficient (Wildman–Crippen LogP) is 3.94. The zero-order valence-electron chi connectivity index (χ0n) is 17.5. The van der Waals surface area contributed by atoms with Crippen molar-refractivity contribution in [1.82, 2.24) is 4.90 Å². The van der Waals surface area contributed by atoms with Crippen molar-refractivity contribution in [2.24, 2.45) is 0 Å². The molecule has 0 aliphatic carbocycles. The highest BCUT2D eigenvalue weighted by molar-refractivity contribution is 5.95. The highest BCUT2D eigenvalue weighted by Crippen LogP contribution is 2.24. The van der Waals surface area contributed by atoms with Gasteiger partial charge in [-0.1, -0.05) is 37.6 Å². The van der Waals surface area contributed by atoms with Crippen LogP contribution >= 0.6 is 0 Å². The molecular formula is C23H31N3O3. The number of nitrogens with zero attached hydrogens (tertiary/aromatic N) is 1. The van der Waals surface area contributed by atoms with Crippen LogP contribution in [0.5, 0.6) is 5.75 Å². The topological polar surface area (TPSA) is 70.7 Å². The van der Waals surface area contributed by atoms with Crippen molar-refractivity contribution in [1.29, 1.82) is 0 Å². The van der Waals surface area contributed by atoms with E-state index in [9.17, 15) is 9.59 Å². The number of rotatable bonds is 11. The van der Waals surface area contributed by atoms with E-state index >= 15 is 0 Å². The summed E-state index contributed by atoms with van der Waals surface area (Å²) in [7, 11) is 3.52. The molecule has 2 amide bonds. The maximum atomic E-state index is 12.3. The van der Waals surface area contributed by atoms with Crippen molar-refractivity contribution in [2.75, 3.05) is 37.9 Å². The summed E-state index contributed by atoms with van der Waals surface area (Å²) in [5.41, 5.74) is 2.62. The van der Waals surface area contributed by atoms with Gasteiger partial charge in [-0.05, 0) is 42.7 Å². The van der Waals surface area contributed by atoms with Gasteiger partial charge in [-0.3, -0.25) is 9.59 Å². The molecule has 0 bridgehead atoms. The average Bonchev–Trinajstić information content (AvgIpc) is 2.72. The number of benzene rings is 2. The van der Waals surface area contributed by atoms with Crippen LogP contribution in [0.3, 0.4) is 0 Å². The Labute approximate surface area is 173 Å². The van der Waals surface area contributed by atoms with Crippen molar-refractivity contribution in [3.8, 4) is 5.75 Å². The third-order valence-corrected chi connectivity index (χ3v) is 4.45. The molecule has 0 aliphatic rings. The minimum absolute atomic E-state index is 0.114. The number of aryl methyl sites for hydroxylation is 1. The molecule has 6 heteroatoms. The maximum absolute atomic E-state index is 12.3. The molecule has 0 saturated heterocycles. The quantitative estimate of drug-likeness (QED) is 0.564. The average molecular weight is 398 g/mol. The smallest absolute Gasteiger partial charge is 0.243 e. The lowest BCUT2D eigenvalue weighted by molar-refractivity contribution is -0.128. The second-order valence-electron chi connectivity index (χ2n) is 7.08. The van der Waals surface area contributed by atoms with Crippen LogP contribution in [0.4, 0.5) is 11.4 Å². The first-order chi connectivity index (χ1) is 14.0. The van der Waals surface area contributed by atoms with Gasteiger partial charge in [-0.15, -0.1) is 0 Å². The van der Waals surface area contributed by atoms with Crippen LogP contribution in [0.2, 0.25) is 0 Å². The molecule has 2 N–H and O–H groups in total. The van der Waals surface area contributed by atoms with Crippen molar-refractivity contribution in [3.05, 3.63) is 54.1 Å². The van der Waals surface area contributed by atoms with E-state index in [0.717, 1.165) is 24.1 Å². The van der Waals surface area contributed by atoms with Gasteiger partial charge in [0.1, 0.15) is 5.75 Å². The normalized spacial score (nSPS) is 10.3. The molecule has 2 aromatic rings. The number of anilines is 2. The van der Waals surface area contributed by atoms with Crippen LogP contribution in [-0.4, -0.2) is 44.0 Å². The lowest BCUT2D eigenvalue weighted by atomic mass is 10.1. The first-order valence-corrected chi connectivity index (χ1v) is 10.0. The Hall–Kier alpha value is -3.02. The van der Waals surface area contributed by atoms with Crippen LogP contribution in [-0.2, 0) is 16.0 Å². The van der Waals surface area contributed by atoms with Crippen LogP contribution in [0.1, 0.15) is 31.7 Å². The van der Waals surface area contributed by atoms with Gasteiger partial charge in [0.2, 0.25) is 11.8 Å². The summed E-state index contributed by atoms with van der Waals surface area (Å²) in [5.74, 6) is 0.658. The molecule has 0 saturated carbocycles. The first-order valence-electron chi connectivity index (χ1n) is 10.0. The fraction of sp³-hybridized carbons (Fsp3) is 0.391. The third kappa shape index (κ3) is 7.86. The van der Waals surface area contributed by atoms with Crippen molar-refractivity contribution in [2.45, 2.75) is 32.6 Å². The monoisotopic (exact) mass is 397 g/mol. The minimum atomic E-state index is -0.141. The third-order valence-electron chi connectivity index (χ3n) is 4.45. The van der Waals surface area contributed by atoms with Gasteiger partial charge in [-0.25, -0.2) is 0 Å². The van der Waals surface area contributed by atoms with E-state index in [-0.39, 0.29) is 18.4 Å². The standard InChI is InChI=1S/C23H31N3O3/c1-4-5-16-29-21-9-7-6-8-20(21)25-22(27)17-24-19-13-10-18(11-14-19)12-15-23(28)26(2)3/h6-11,13-14,24H,4-5,12,15-17H2,1-3H3,(H,25,27). The summed E-state index contributed by atoms with van der Waals surface area (Å²) in [6.45, 7) is 2.90. The van der Waals surface area contributed by atoms with E-state index in [1.165, 1.54) is 0 Å².